The predicted molar refractivity (Wildman–Crippen MR) is 113 cm³/mol. The molecule has 0 spiro atoms. The Morgan fingerprint density at radius 2 is 1.93 bits per heavy atom. The Balaban J connectivity index is 1.56. The van der Waals surface area contributed by atoms with Gasteiger partial charge in [-0.15, -0.1) is 0 Å². The van der Waals surface area contributed by atoms with Crippen LogP contribution < -0.4 is 21.9 Å². The number of aromatic amines is 1. The van der Waals surface area contributed by atoms with Crippen LogP contribution in [0.3, 0.4) is 0 Å². The lowest BCUT2D eigenvalue weighted by molar-refractivity contribution is -0.0178. The zero-order valence-corrected chi connectivity index (χ0v) is 17.6. The van der Waals surface area contributed by atoms with Crippen molar-refractivity contribution in [3.8, 4) is 0 Å². The minimum Gasteiger partial charge on any atom is -0.390 e. The van der Waals surface area contributed by atoms with Crippen molar-refractivity contribution in [2.75, 3.05) is 11.9 Å². The number of nitrogens with zero attached hydrogens (tertiary/aromatic N) is 1. The van der Waals surface area contributed by atoms with E-state index in [0.29, 0.717) is 11.3 Å². The first-order chi connectivity index (χ1) is 14.0. The third-order valence-electron chi connectivity index (χ3n) is 5.13. The summed E-state index contributed by atoms with van der Waals surface area (Å²) < 4.78 is 6.98. The highest BCUT2D eigenvalue weighted by Crippen LogP contribution is 2.27. The van der Waals surface area contributed by atoms with Crippen molar-refractivity contribution in [2.45, 2.75) is 58.0 Å². The molecule has 1 aliphatic rings. The van der Waals surface area contributed by atoms with Gasteiger partial charge in [0.05, 0.1) is 6.10 Å². The van der Waals surface area contributed by atoms with Gasteiger partial charge in [-0.05, 0) is 30.0 Å². The molecule has 1 saturated heterocycles. The van der Waals surface area contributed by atoms with E-state index in [0.717, 1.165) is 5.56 Å². The fourth-order valence-electron chi connectivity index (χ4n) is 3.29. The topological polar surface area (TPSA) is 125 Å². The van der Waals surface area contributed by atoms with E-state index in [1.54, 1.807) is 6.92 Å². The lowest BCUT2D eigenvalue weighted by Crippen LogP contribution is -2.39. The summed E-state index contributed by atoms with van der Waals surface area (Å²) in [6, 6.07) is 7.18. The van der Waals surface area contributed by atoms with E-state index >= 15 is 0 Å². The Morgan fingerprint density at radius 1 is 1.27 bits per heavy atom. The van der Waals surface area contributed by atoms with E-state index in [1.165, 1.54) is 10.8 Å². The zero-order chi connectivity index (χ0) is 22.1. The van der Waals surface area contributed by atoms with Crippen molar-refractivity contribution >= 4 is 11.7 Å². The monoisotopic (exact) mass is 416 g/mol. The van der Waals surface area contributed by atoms with Crippen molar-refractivity contribution in [1.82, 2.24) is 14.9 Å². The van der Waals surface area contributed by atoms with Crippen LogP contribution in [0.2, 0.25) is 0 Å². The number of aryl methyl sites for hydroxylation is 1. The molecule has 0 radical (unpaired) electrons. The number of aromatic nitrogens is 2. The van der Waals surface area contributed by atoms with E-state index in [-0.39, 0.29) is 18.4 Å². The summed E-state index contributed by atoms with van der Waals surface area (Å²) in [6.07, 6.45) is -0.679. The van der Waals surface area contributed by atoms with Crippen molar-refractivity contribution in [3.63, 3.8) is 0 Å². The van der Waals surface area contributed by atoms with Gasteiger partial charge in [0.2, 0.25) is 0 Å². The van der Waals surface area contributed by atoms with Gasteiger partial charge in [-0.3, -0.25) is 14.3 Å². The van der Waals surface area contributed by atoms with Gasteiger partial charge in [0, 0.05) is 30.4 Å². The normalized spacial score (nSPS) is 21.4. The number of nitrogens with one attached hydrogen (secondary N) is 3. The fraction of sp³-hybridized carbons (Fsp3) is 0.476. The fourth-order valence-corrected chi connectivity index (χ4v) is 3.29. The van der Waals surface area contributed by atoms with E-state index in [9.17, 15) is 19.5 Å². The van der Waals surface area contributed by atoms with Gasteiger partial charge in [0.1, 0.15) is 12.3 Å². The van der Waals surface area contributed by atoms with E-state index in [1.807, 2.05) is 24.3 Å². The molecule has 9 heteroatoms. The first-order valence-corrected chi connectivity index (χ1v) is 9.85. The van der Waals surface area contributed by atoms with Gasteiger partial charge in [0.15, 0.2) is 0 Å². The molecule has 3 rings (SSSR count). The number of carbonyl (C=O) groups is 1. The van der Waals surface area contributed by atoms with Gasteiger partial charge < -0.3 is 20.5 Å². The molecule has 2 aromatic rings. The summed E-state index contributed by atoms with van der Waals surface area (Å²) >= 11 is 0. The first kappa shape index (κ1) is 21.8. The van der Waals surface area contributed by atoms with Crippen LogP contribution in [0.4, 0.5) is 10.5 Å². The Morgan fingerprint density at radius 3 is 2.57 bits per heavy atom. The van der Waals surface area contributed by atoms with Crippen LogP contribution in [0.25, 0.3) is 0 Å². The molecule has 4 N–H and O–H groups in total. The van der Waals surface area contributed by atoms with Crippen molar-refractivity contribution < 1.29 is 14.6 Å². The highest BCUT2D eigenvalue weighted by Gasteiger charge is 2.35. The zero-order valence-electron chi connectivity index (χ0n) is 17.6. The number of anilines is 1. The highest BCUT2D eigenvalue weighted by atomic mass is 16.5. The third-order valence-corrected chi connectivity index (χ3v) is 5.13. The summed E-state index contributed by atoms with van der Waals surface area (Å²) in [5.41, 5.74) is 1.15. The summed E-state index contributed by atoms with van der Waals surface area (Å²) in [5, 5.41) is 15.7. The Hall–Kier alpha value is -2.91. The van der Waals surface area contributed by atoms with Gasteiger partial charge in [-0.2, -0.15) is 0 Å². The molecule has 9 nitrogen and oxygen atoms in total. The molecule has 1 aliphatic heterocycles. The van der Waals surface area contributed by atoms with Crippen LogP contribution in [0, 0.1) is 6.92 Å². The number of urea groups is 1. The number of H-pyrrole nitrogens is 1. The van der Waals surface area contributed by atoms with Crippen LogP contribution in [0.5, 0.6) is 0 Å². The molecule has 0 bridgehead atoms. The quantitative estimate of drug-likeness (QED) is 0.603. The minimum absolute atomic E-state index is 0.0273. The van der Waals surface area contributed by atoms with Crippen LogP contribution in [-0.4, -0.2) is 39.4 Å². The molecule has 0 unspecified atom stereocenters. The molecular formula is C21H28N4O5. The van der Waals surface area contributed by atoms with Crippen LogP contribution in [0.1, 0.15) is 44.5 Å². The molecular weight excluding hydrogens is 388 g/mol. The highest BCUT2D eigenvalue weighted by molar-refractivity contribution is 5.89. The maximum atomic E-state index is 12.2. The number of hydrogen-bond acceptors (Lipinski definition) is 5. The average Bonchev–Trinajstić information content (AvgIpc) is 3.03. The molecule has 0 aliphatic carbocycles. The van der Waals surface area contributed by atoms with Gasteiger partial charge >= 0.3 is 11.7 Å². The summed E-state index contributed by atoms with van der Waals surface area (Å²) in [5.74, 6) is 0. The minimum atomic E-state index is -0.861. The van der Waals surface area contributed by atoms with Crippen LogP contribution in [0.15, 0.2) is 40.1 Å². The largest absolute Gasteiger partial charge is 0.390 e. The first-order valence-electron chi connectivity index (χ1n) is 9.85. The molecule has 30 heavy (non-hydrogen) atoms. The van der Waals surface area contributed by atoms with Gasteiger partial charge in [-0.25, -0.2) is 9.59 Å². The molecule has 0 saturated carbocycles. The van der Waals surface area contributed by atoms with E-state index in [2.05, 4.69) is 36.4 Å². The number of amides is 2. The number of benzene rings is 1. The summed E-state index contributed by atoms with van der Waals surface area (Å²) in [7, 11) is 0. The second kappa shape index (κ2) is 8.45. The summed E-state index contributed by atoms with van der Waals surface area (Å²) in [4.78, 5) is 37.9. The predicted octanol–water partition coefficient (Wildman–Crippen LogP) is 1.61. The summed E-state index contributed by atoms with van der Waals surface area (Å²) in [6.45, 7) is 8.00. The molecule has 1 fully saturated rings. The lowest BCUT2D eigenvalue weighted by Gasteiger charge is -2.19. The van der Waals surface area contributed by atoms with Gasteiger partial charge in [0.25, 0.3) is 5.56 Å². The van der Waals surface area contributed by atoms with E-state index in [4.69, 9.17) is 4.74 Å². The lowest BCUT2D eigenvalue weighted by atomic mass is 9.87. The van der Waals surface area contributed by atoms with Crippen molar-refractivity contribution in [1.29, 1.82) is 0 Å². The second-order valence-corrected chi connectivity index (χ2v) is 8.57. The SMILES string of the molecule is Cc1cn([C@@H]2C[C@H](O)[C@@H](CNC(=O)Nc3ccc(C(C)(C)C)cc3)O2)c(=O)[nH]c1=O. The Labute approximate surface area is 174 Å². The molecule has 1 aromatic heterocycles. The maximum absolute atomic E-state index is 12.2. The van der Waals surface area contributed by atoms with Crippen LogP contribution >= 0.6 is 0 Å². The van der Waals surface area contributed by atoms with Crippen molar-refractivity contribution in [3.05, 3.63) is 62.4 Å². The van der Waals surface area contributed by atoms with E-state index < -0.39 is 35.7 Å². The van der Waals surface area contributed by atoms with Crippen molar-refractivity contribution in [2.24, 2.45) is 0 Å². The van der Waals surface area contributed by atoms with Crippen LogP contribution in [-0.2, 0) is 10.2 Å². The maximum Gasteiger partial charge on any atom is 0.330 e. The smallest absolute Gasteiger partial charge is 0.330 e. The Kier molecular flexibility index (Phi) is 6.14. The third kappa shape index (κ3) is 4.98. The Bertz CT molecular complexity index is 1020. The number of rotatable bonds is 4. The molecule has 1 aromatic carbocycles. The number of ether oxygens (including phenoxy) is 1. The number of carbonyl (C=O) groups excluding carboxylic acids is 1. The number of aliphatic hydroxyl groups is 1. The molecule has 2 amide bonds. The molecule has 2 heterocycles. The molecule has 162 valence electrons. The number of aliphatic hydroxyl groups excluding tert-OH is 1. The second-order valence-electron chi connectivity index (χ2n) is 8.57. The standard InChI is InChI=1S/C21H28N4O5/c1-12-11-25(20(29)24-18(12)27)17-9-15(26)16(30-17)10-22-19(28)23-14-7-5-13(6-8-14)21(2,3)4/h5-8,11,15-17,26H,9-10H2,1-4H3,(H2,22,23,28)(H,24,27,29)/t15-,16+,17-/m0/s1. The number of hydrogen-bond donors (Lipinski definition) is 4. The average molecular weight is 416 g/mol. The van der Waals surface area contributed by atoms with Gasteiger partial charge in [-0.1, -0.05) is 32.9 Å². The molecule has 3 atom stereocenters.